The van der Waals surface area contributed by atoms with Crippen LogP contribution in [0.2, 0.25) is 0 Å². The van der Waals surface area contributed by atoms with Crippen LogP contribution in [0.25, 0.3) is 11.3 Å². The average molecular weight is 596 g/mol. The number of hydrogen-bond donors (Lipinski definition) is 3. The number of benzene rings is 1. The van der Waals surface area contributed by atoms with Crippen LogP contribution in [0, 0.1) is 5.92 Å². The van der Waals surface area contributed by atoms with Crippen LogP contribution in [0.1, 0.15) is 76.9 Å². The summed E-state index contributed by atoms with van der Waals surface area (Å²) in [5.74, 6) is -0.204. The molecule has 1 unspecified atom stereocenters. The Morgan fingerprint density at radius 1 is 0.955 bits per heavy atom. The number of fused-ring (bicyclic) bond motifs is 1. The summed E-state index contributed by atoms with van der Waals surface area (Å²) in [5, 5.41) is 20.4. The van der Waals surface area contributed by atoms with Crippen LogP contribution in [0.4, 0.5) is 11.5 Å². The number of piperidine rings is 1. The maximum Gasteiger partial charge on any atom is 0.262 e. The zero-order valence-corrected chi connectivity index (χ0v) is 24.1. The van der Waals surface area contributed by atoms with E-state index in [0.29, 0.717) is 31.0 Å². The molecule has 2 aromatic heterocycles. The number of imide groups is 2. The van der Waals surface area contributed by atoms with E-state index in [2.05, 4.69) is 26.4 Å². The van der Waals surface area contributed by atoms with Crippen LogP contribution < -0.4 is 15.5 Å². The third-order valence-electron chi connectivity index (χ3n) is 9.54. The number of aliphatic hydroxyl groups is 1. The van der Waals surface area contributed by atoms with Crippen molar-refractivity contribution < 1.29 is 24.3 Å². The summed E-state index contributed by atoms with van der Waals surface area (Å²) in [5.41, 5.74) is 4.45. The minimum absolute atomic E-state index is 0.0926. The van der Waals surface area contributed by atoms with Gasteiger partial charge in [0.05, 0.1) is 34.7 Å². The number of carbonyl (C=O) groups excluding carboxylic acids is 4. The quantitative estimate of drug-likeness (QED) is 0.334. The SMILES string of the molecule is O=C1CCC(N2C(=O)c3ccc(NCC4CC(n5cc(-c6cccc(N7CC(O)C7)n6)c(C6CC6)n5)C4)cc3C2=O)C(=O)N1. The van der Waals surface area contributed by atoms with Crippen molar-refractivity contribution in [1.82, 2.24) is 25.0 Å². The Hall–Kier alpha value is -4.58. The first-order chi connectivity index (χ1) is 21.3. The van der Waals surface area contributed by atoms with Gasteiger partial charge < -0.3 is 15.3 Å². The van der Waals surface area contributed by atoms with Crippen molar-refractivity contribution in [2.45, 2.75) is 62.6 Å². The van der Waals surface area contributed by atoms with Crippen molar-refractivity contribution in [2.24, 2.45) is 5.92 Å². The molecule has 3 aliphatic heterocycles. The van der Waals surface area contributed by atoms with E-state index >= 15 is 0 Å². The van der Waals surface area contributed by atoms with Gasteiger partial charge in [-0.05, 0) is 68.4 Å². The van der Waals surface area contributed by atoms with E-state index in [-0.39, 0.29) is 30.1 Å². The van der Waals surface area contributed by atoms with Gasteiger partial charge in [-0.2, -0.15) is 5.10 Å². The highest BCUT2D eigenvalue weighted by molar-refractivity contribution is 6.23. The number of aliphatic hydroxyl groups excluding tert-OH is 1. The first kappa shape index (κ1) is 27.0. The summed E-state index contributed by atoms with van der Waals surface area (Å²) in [6, 6.07) is 10.5. The van der Waals surface area contributed by atoms with Gasteiger partial charge in [0.25, 0.3) is 11.8 Å². The van der Waals surface area contributed by atoms with Gasteiger partial charge in [0, 0.05) is 49.4 Å². The molecule has 1 aromatic carbocycles. The first-order valence-electron chi connectivity index (χ1n) is 15.4. The normalized spacial score (nSPS) is 25.1. The molecule has 0 bridgehead atoms. The first-order valence-corrected chi connectivity index (χ1v) is 15.4. The van der Waals surface area contributed by atoms with E-state index in [0.717, 1.165) is 65.6 Å². The second-order valence-electron chi connectivity index (χ2n) is 12.7. The van der Waals surface area contributed by atoms with E-state index in [1.54, 1.807) is 18.2 Å². The predicted molar refractivity (Wildman–Crippen MR) is 159 cm³/mol. The van der Waals surface area contributed by atoms with E-state index in [4.69, 9.17) is 10.1 Å². The molecule has 5 heterocycles. The summed E-state index contributed by atoms with van der Waals surface area (Å²) in [4.78, 5) is 58.0. The van der Waals surface area contributed by atoms with Crippen LogP contribution in [0.5, 0.6) is 0 Å². The standard InChI is InChI=1S/C32H33N7O5/c40-21-14-37(15-21)27-3-1-2-25(34-27)24-16-38(36-29(24)18-4-5-18)20-10-17(11-20)13-33-19-6-7-22-23(12-19)32(44)39(31(22)43)26-8-9-28(41)35-30(26)42/h1-3,6-7,12,16-18,20-21,26,33,40H,4-5,8-11,13-15H2,(H,35,41,42). The number of pyridine rings is 1. The van der Waals surface area contributed by atoms with E-state index in [1.807, 2.05) is 18.2 Å². The van der Waals surface area contributed by atoms with Crippen LogP contribution >= 0.6 is 0 Å². The molecule has 2 saturated heterocycles. The van der Waals surface area contributed by atoms with E-state index in [9.17, 15) is 24.3 Å². The average Bonchev–Trinajstić information content (AvgIpc) is 3.68. The van der Waals surface area contributed by atoms with Crippen molar-refractivity contribution in [3.8, 4) is 11.3 Å². The van der Waals surface area contributed by atoms with Crippen molar-refractivity contribution >= 4 is 35.1 Å². The lowest BCUT2D eigenvalue weighted by Crippen LogP contribution is -2.54. The molecule has 44 heavy (non-hydrogen) atoms. The molecule has 1 atom stereocenters. The molecule has 5 aliphatic rings. The van der Waals surface area contributed by atoms with Crippen molar-refractivity contribution in [2.75, 3.05) is 29.9 Å². The Labute approximate surface area is 253 Å². The third-order valence-corrected chi connectivity index (χ3v) is 9.54. The summed E-state index contributed by atoms with van der Waals surface area (Å²) in [6.07, 6.45) is 6.35. The van der Waals surface area contributed by atoms with Gasteiger partial charge in [0.2, 0.25) is 11.8 Å². The Kier molecular flexibility index (Phi) is 6.30. The Morgan fingerprint density at radius 2 is 1.75 bits per heavy atom. The maximum absolute atomic E-state index is 13.1. The molecule has 0 radical (unpaired) electrons. The molecule has 2 saturated carbocycles. The zero-order valence-electron chi connectivity index (χ0n) is 24.1. The number of nitrogens with zero attached hydrogens (tertiary/aromatic N) is 5. The molecule has 0 spiro atoms. The highest BCUT2D eigenvalue weighted by atomic mass is 16.3. The number of rotatable bonds is 8. The number of β-amino-alcohol motifs (C(OH)–C–C–N with tert-alkyl or cyclic N) is 1. The van der Waals surface area contributed by atoms with Gasteiger partial charge in [-0.25, -0.2) is 4.98 Å². The number of nitrogens with one attached hydrogen (secondary N) is 2. The number of amides is 4. The third kappa shape index (κ3) is 4.64. The lowest BCUT2D eigenvalue weighted by molar-refractivity contribution is -0.136. The Morgan fingerprint density at radius 3 is 2.50 bits per heavy atom. The molecular weight excluding hydrogens is 562 g/mol. The number of carbonyl (C=O) groups is 4. The topological polar surface area (TPSA) is 150 Å². The van der Waals surface area contributed by atoms with Gasteiger partial charge in [-0.3, -0.25) is 34.1 Å². The van der Waals surface area contributed by atoms with Gasteiger partial charge in [-0.15, -0.1) is 0 Å². The number of anilines is 2. The van der Waals surface area contributed by atoms with Crippen molar-refractivity contribution in [1.29, 1.82) is 0 Å². The Bertz CT molecular complexity index is 1700. The molecule has 12 heteroatoms. The second-order valence-corrected chi connectivity index (χ2v) is 12.7. The van der Waals surface area contributed by atoms with Crippen LogP contribution in [0.15, 0.2) is 42.6 Å². The summed E-state index contributed by atoms with van der Waals surface area (Å²) in [7, 11) is 0. The van der Waals surface area contributed by atoms with Gasteiger partial charge in [-0.1, -0.05) is 6.07 Å². The molecule has 3 aromatic rings. The molecule has 4 amide bonds. The largest absolute Gasteiger partial charge is 0.389 e. The highest BCUT2D eigenvalue weighted by Gasteiger charge is 2.44. The lowest BCUT2D eigenvalue weighted by Gasteiger charge is -2.37. The molecular formula is C32H33N7O5. The van der Waals surface area contributed by atoms with Crippen molar-refractivity contribution in [3.05, 3.63) is 59.4 Å². The van der Waals surface area contributed by atoms with Gasteiger partial charge >= 0.3 is 0 Å². The van der Waals surface area contributed by atoms with Gasteiger partial charge in [0.1, 0.15) is 11.9 Å². The summed E-state index contributed by atoms with van der Waals surface area (Å²) in [6.45, 7) is 1.95. The van der Waals surface area contributed by atoms with Gasteiger partial charge in [0.15, 0.2) is 0 Å². The fraction of sp³-hybridized carbons (Fsp3) is 0.438. The summed E-state index contributed by atoms with van der Waals surface area (Å²) < 4.78 is 2.12. The summed E-state index contributed by atoms with van der Waals surface area (Å²) >= 11 is 0. The fourth-order valence-electron chi connectivity index (χ4n) is 6.77. The number of hydrogen-bond acceptors (Lipinski definition) is 9. The zero-order chi connectivity index (χ0) is 30.1. The molecule has 2 aliphatic carbocycles. The Balaban J connectivity index is 0.908. The van der Waals surface area contributed by atoms with Crippen molar-refractivity contribution in [3.63, 3.8) is 0 Å². The van der Waals surface area contributed by atoms with Crippen LogP contribution in [0.3, 0.4) is 0 Å². The predicted octanol–water partition coefficient (Wildman–Crippen LogP) is 2.47. The molecule has 3 N–H and O–H groups in total. The lowest BCUT2D eigenvalue weighted by atomic mass is 9.80. The van der Waals surface area contributed by atoms with E-state index < -0.39 is 29.7 Å². The monoisotopic (exact) mass is 595 g/mol. The number of aromatic nitrogens is 3. The minimum Gasteiger partial charge on any atom is -0.389 e. The highest BCUT2D eigenvalue weighted by Crippen LogP contribution is 2.46. The molecule has 12 nitrogen and oxygen atoms in total. The van der Waals surface area contributed by atoms with Crippen LogP contribution in [-0.4, -0.2) is 80.2 Å². The second kappa shape index (κ2) is 10.3. The maximum atomic E-state index is 13.1. The minimum atomic E-state index is -0.971. The molecule has 8 rings (SSSR count). The van der Waals surface area contributed by atoms with E-state index in [1.165, 1.54) is 0 Å². The smallest absolute Gasteiger partial charge is 0.262 e. The molecule has 4 fully saturated rings. The molecule has 226 valence electrons. The fourth-order valence-corrected chi connectivity index (χ4v) is 6.77. The van der Waals surface area contributed by atoms with Crippen LogP contribution in [-0.2, 0) is 9.59 Å².